The standard InChI is InChI=1S/C37H73O10P/c1-3-5-7-9-10-11-12-13-14-15-16-17-18-19-20-21-22-23-25-27-29-37(41)47-35(32-44-36(40)28-26-24-8-6-4-2)33-46-48(42,43)45-31-34(39)30-38/h34-35,38-39H,3-33H2,1-2H3,(H,42,43). The van der Waals surface area contributed by atoms with Gasteiger partial charge in [-0.1, -0.05) is 162 Å². The van der Waals surface area contributed by atoms with Crippen molar-refractivity contribution in [2.45, 2.75) is 199 Å². The third-order valence-electron chi connectivity index (χ3n) is 8.51. The summed E-state index contributed by atoms with van der Waals surface area (Å²) in [5, 5.41) is 18.2. The van der Waals surface area contributed by atoms with Crippen LogP contribution in [0.5, 0.6) is 0 Å². The van der Waals surface area contributed by atoms with Crippen LogP contribution in [0.25, 0.3) is 0 Å². The number of phosphoric ester groups is 1. The molecule has 0 heterocycles. The van der Waals surface area contributed by atoms with E-state index in [2.05, 4.69) is 18.4 Å². The third kappa shape index (κ3) is 33.5. The SMILES string of the molecule is CCCCCCCCCCCCCCCCCCCCCCC(=O)OC(COC(=O)CCCCCCC)COP(=O)(O)OCC(O)CO. The molecule has 0 bridgehead atoms. The smallest absolute Gasteiger partial charge is 0.462 e. The number of ether oxygens (including phenoxy) is 2. The number of rotatable bonds is 37. The average molecular weight is 709 g/mol. The molecule has 0 aliphatic carbocycles. The van der Waals surface area contributed by atoms with Crippen LogP contribution in [0.4, 0.5) is 0 Å². The zero-order valence-corrected chi connectivity index (χ0v) is 31.6. The first kappa shape index (κ1) is 47.0. The molecule has 0 rings (SSSR count). The molecule has 0 aliphatic heterocycles. The van der Waals surface area contributed by atoms with Crippen LogP contribution in [-0.4, -0.2) is 65.7 Å². The first-order valence-corrected chi connectivity index (χ1v) is 21.0. The van der Waals surface area contributed by atoms with E-state index in [9.17, 15) is 24.2 Å². The van der Waals surface area contributed by atoms with E-state index in [1.54, 1.807) is 0 Å². The van der Waals surface area contributed by atoms with Crippen LogP contribution >= 0.6 is 7.82 Å². The summed E-state index contributed by atoms with van der Waals surface area (Å²) >= 11 is 0. The molecule has 0 saturated carbocycles. The zero-order chi connectivity index (χ0) is 35.6. The van der Waals surface area contributed by atoms with Gasteiger partial charge in [-0.2, -0.15) is 0 Å². The van der Waals surface area contributed by atoms with Crippen LogP contribution in [0.3, 0.4) is 0 Å². The van der Waals surface area contributed by atoms with Crippen molar-refractivity contribution in [1.29, 1.82) is 0 Å². The van der Waals surface area contributed by atoms with Crippen molar-refractivity contribution in [2.24, 2.45) is 0 Å². The monoisotopic (exact) mass is 708 g/mol. The summed E-state index contributed by atoms with van der Waals surface area (Å²) in [6, 6.07) is 0. The zero-order valence-electron chi connectivity index (χ0n) is 30.7. The van der Waals surface area contributed by atoms with E-state index >= 15 is 0 Å². The summed E-state index contributed by atoms with van der Waals surface area (Å²) in [6.07, 6.45) is 28.4. The highest BCUT2D eigenvalue weighted by Crippen LogP contribution is 2.43. The lowest BCUT2D eigenvalue weighted by atomic mass is 10.0. The van der Waals surface area contributed by atoms with E-state index < -0.39 is 51.8 Å². The maximum Gasteiger partial charge on any atom is 0.472 e. The molecule has 0 fully saturated rings. The molecule has 3 unspecified atom stereocenters. The van der Waals surface area contributed by atoms with Crippen LogP contribution in [0, 0.1) is 0 Å². The number of aliphatic hydroxyl groups is 2. The van der Waals surface area contributed by atoms with Gasteiger partial charge in [-0.15, -0.1) is 0 Å². The molecule has 0 aromatic carbocycles. The number of carbonyl (C=O) groups is 2. The Morgan fingerprint density at radius 2 is 0.896 bits per heavy atom. The summed E-state index contributed by atoms with van der Waals surface area (Å²) in [6.45, 7) is 2.29. The fourth-order valence-electron chi connectivity index (χ4n) is 5.46. The second-order valence-electron chi connectivity index (χ2n) is 13.3. The first-order chi connectivity index (χ1) is 23.2. The van der Waals surface area contributed by atoms with Gasteiger partial charge in [-0.25, -0.2) is 4.57 Å². The van der Waals surface area contributed by atoms with E-state index in [0.717, 1.165) is 44.9 Å². The van der Waals surface area contributed by atoms with E-state index in [0.29, 0.717) is 12.8 Å². The van der Waals surface area contributed by atoms with Gasteiger partial charge in [0.05, 0.1) is 19.8 Å². The van der Waals surface area contributed by atoms with Crippen molar-refractivity contribution in [1.82, 2.24) is 0 Å². The molecule has 10 nitrogen and oxygen atoms in total. The lowest BCUT2D eigenvalue weighted by Crippen LogP contribution is -2.29. The average Bonchev–Trinajstić information content (AvgIpc) is 3.07. The molecular formula is C37H73O10P. The Labute approximate surface area is 293 Å². The van der Waals surface area contributed by atoms with Crippen molar-refractivity contribution < 1.29 is 47.8 Å². The van der Waals surface area contributed by atoms with Crippen LogP contribution < -0.4 is 0 Å². The summed E-state index contributed by atoms with van der Waals surface area (Å²) < 4.78 is 32.4. The van der Waals surface area contributed by atoms with Gasteiger partial charge in [0, 0.05) is 12.8 Å². The predicted octanol–water partition coefficient (Wildman–Crippen LogP) is 9.50. The van der Waals surface area contributed by atoms with Gasteiger partial charge in [0.25, 0.3) is 0 Å². The topological polar surface area (TPSA) is 149 Å². The Bertz CT molecular complexity index is 781. The van der Waals surface area contributed by atoms with Crippen molar-refractivity contribution >= 4 is 19.8 Å². The van der Waals surface area contributed by atoms with Crippen LogP contribution in [0.2, 0.25) is 0 Å². The molecule has 3 atom stereocenters. The molecule has 11 heteroatoms. The van der Waals surface area contributed by atoms with Crippen LogP contribution in [-0.2, 0) is 32.7 Å². The maximum absolute atomic E-state index is 12.5. The Balaban J connectivity index is 4.08. The molecule has 0 saturated heterocycles. The van der Waals surface area contributed by atoms with E-state index in [1.807, 2.05) is 0 Å². The quantitative estimate of drug-likeness (QED) is 0.0324. The summed E-state index contributed by atoms with van der Waals surface area (Å²) in [5.41, 5.74) is 0. The van der Waals surface area contributed by atoms with Crippen molar-refractivity contribution in [3.05, 3.63) is 0 Å². The Kier molecular flexibility index (Phi) is 33.7. The van der Waals surface area contributed by atoms with Crippen LogP contribution in [0.1, 0.15) is 187 Å². The molecule has 3 N–H and O–H groups in total. The number of aliphatic hydroxyl groups excluding tert-OH is 2. The fraction of sp³-hybridized carbons (Fsp3) is 0.946. The predicted molar refractivity (Wildman–Crippen MR) is 192 cm³/mol. The molecule has 0 amide bonds. The fourth-order valence-corrected chi connectivity index (χ4v) is 6.25. The lowest BCUT2D eigenvalue weighted by Gasteiger charge is -2.20. The minimum Gasteiger partial charge on any atom is -0.462 e. The Morgan fingerprint density at radius 3 is 1.29 bits per heavy atom. The van der Waals surface area contributed by atoms with Gasteiger partial charge >= 0.3 is 19.8 Å². The van der Waals surface area contributed by atoms with E-state index in [1.165, 1.54) is 103 Å². The summed E-state index contributed by atoms with van der Waals surface area (Å²) in [4.78, 5) is 34.5. The van der Waals surface area contributed by atoms with Crippen molar-refractivity contribution in [3.8, 4) is 0 Å². The molecule has 286 valence electrons. The molecule has 0 aromatic rings. The van der Waals surface area contributed by atoms with Gasteiger partial charge in [0.15, 0.2) is 6.10 Å². The van der Waals surface area contributed by atoms with Crippen molar-refractivity contribution in [2.75, 3.05) is 26.4 Å². The largest absolute Gasteiger partial charge is 0.472 e. The first-order valence-electron chi connectivity index (χ1n) is 19.5. The van der Waals surface area contributed by atoms with Gasteiger partial charge in [-0.3, -0.25) is 18.6 Å². The molecule has 0 aromatic heterocycles. The Morgan fingerprint density at radius 1 is 0.542 bits per heavy atom. The lowest BCUT2D eigenvalue weighted by molar-refractivity contribution is -0.161. The third-order valence-corrected chi connectivity index (χ3v) is 9.46. The number of hydrogen-bond donors (Lipinski definition) is 3. The second-order valence-corrected chi connectivity index (χ2v) is 14.8. The van der Waals surface area contributed by atoms with Gasteiger partial charge in [0.2, 0.25) is 0 Å². The molecule has 0 spiro atoms. The minimum atomic E-state index is -4.59. The molecule has 0 radical (unpaired) electrons. The van der Waals surface area contributed by atoms with Crippen molar-refractivity contribution in [3.63, 3.8) is 0 Å². The van der Waals surface area contributed by atoms with Gasteiger partial charge in [0.1, 0.15) is 12.7 Å². The number of carbonyl (C=O) groups excluding carboxylic acids is 2. The number of hydrogen-bond acceptors (Lipinski definition) is 9. The summed E-state index contributed by atoms with van der Waals surface area (Å²) in [5.74, 6) is -0.929. The molecular weight excluding hydrogens is 635 g/mol. The summed E-state index contributed by atoms with van der Waals surface area (Å²) in [7, 11) is -4.59. The Hall–Kier alpha value is -1.03. The van der Waals surface area contributed by atoms with E-state index in [4.69, 9.17) is 19.1 Å². The maximum atomic E-state index is 12.5. The second kappa shape index (κ2) is 34.4. The number of phosphoric acid groups is 1. The highest BCUT2D eigenvalue weighted by molar-refractivity contribution is 7.47. The van der Waals surface area contributed by atoms with Crippen LogP contribution in [0.15, 0.2) is 0 Å². The van der Waals surface area contributed by atoms with E-state index in [-0.39, 0.29) is 19.4 Å². The number of unbranched alkanes of at least 4 members (excludes halogenated alkanes) is 23. The van der Waals surface area contributed by atoms with Gasteiger partial charge in [-0.05, 0) is 12.8 Å². The van der Waals surface area contributed by atoms with Gasteiger partial charge < -0.3 is 24.6 Å². The number of esters is 2. The normalized spacial score (nSPS) is 14.0. The highest BCUT2D eigenvalue weighted by atomic mass is 31.2. The molecule has 0 aliphatic rings. The highest BCUT2D eigenvalue weighted by Gasteiger charge is 2.27. The minimum absolute atomic E-state index is 0.191. The molecule has 48 heavy (non-hydrogen) atoms.